The van der Waals surface area contributed by atoms with Gasteiger partial charge in [0.1, 0.15) is 18.1 Å². The lowest BCUT2D eigenvalue weighted by Crippen LogP contribution is -2.32. The highest BCUT2D eigenvalue weighted by Gasteiger charge is 2.25. The van der Waals surface area contributed by atoms with Gasteiger partial charge in [0, 0.05) is 51.1 Å². The first-order valence-electron chi connectivity index (χ1n) is 15.3. The molecule has 3 aromatic rings. The summed E-state index contributed by atoms with van der Waals surface area (Å²) in [6.45, 7) is 7.42. The Morgan fingerprint density at radius 2 is 1.83 bits per heavy atom. The van der Waals surface area contributed by atoms with Gasteiger partial charge in [0.25, 0.3) is 0 Å². The largest absolute Gasteiger partial charge is 0.508 e. The van der Waals surface area contributed by atoms with Crippen LogP contribution in [0, 0.1) is 11.7 Å². The number of anilines is 1. The van der Waals surface area contributed by atoms with Crippen molar-refractivity contribution in [1.82, 2.24) is 4.90 Å². The van der Waals surface area contributed by atoms with Crippen molar-refractivity contribution in [3.63, 3.8) is 0 Å². The monoisotopic (exact) mass is 576 g/mol. The highest BCUT2D eigenvalue weighted by Crippen LogP contribution is 2.40. The quantitative estimate of drug-likeness (QED) is 0.263. The molecule has 1 aliphatic carbocycles. The molecular formula is C35H45FN2O4. The maximum atomic E-state index is 15.2. The lowest BCUT2D eigenvalue weighted by atomic mass is 9.79. The Morgan fingerprint density at radius 3 is 2.60 bits per heavy atom. The van der Waals surface area contributed by atoms with Crippen molar-refractivity contribution in [3.8, 4) is 17.2 Å². The third-order valence-electron chi connectivity index (χ3n) is 8.83. The maximum Gasteiger partial charge on any atom is 0.165 e. The first-order valence-corrected chi connectivity index (χ1v) is 15.3. The van der Waals surface area contributed by atoms with Crippen molar-refractivity contribution in [3.05, 3.63) is 82.7 Å². The van der Waals surface area contributed by atoms with Gasteiger partial charge in [-0.05, 0) is 110 Å². The molecular weight excluding hydrogens is 531 g/mol. The Balaban J connectivity index is 1.24. The number of phenols is 1. The fraction of sp³-hybridized carbons (Fsp3) is 0.486. The van der Waals surface area contributed by atoms with Gasteiger partial charge in [0.15, 0.2) is 11.6 Å². The van der Waals surface area contributed by atoms with Gasteiger partial charge in [-0.2, -0.15) is 0 Å². The minimum Gasteiger partial charge on any atom is -0.508 e. The van der Waals surface area contributed by atoms with Crippen LogP contribution in [0.3, 0.4) is 0 Å². The molecule has 0 saturated carbocycles. The molecule has 1 fully saturated rings. The van der Waals surface area contributed by atoms with Gasteiger partial charge in [-0.25, -0.2) is 4.39 Å². The van der Waals surface area contributed by atoms with Crippen LogP contribution < -0.4 is 14.4 Å². The highest BCUT2D eigenvalue weighted by atomic mass is 19.1. The van der Waals surface area contributed by atoms with Crippen molar-refractivity contribution in [2.45, 2.75) is 51.5 Å². The van der Waals surface area contributed by atoms with Crippen LogP contribution in [-0.2, 0) is 24.1 Å². The molecule has 7 heteroatoms. The van der Waals surface area contributed by atoms with Crippen molar-refractivity contribution < 1.29 is 23.7 Å². The van der Waals surface area contributed by atoms with E-state index in [-0.39, 0.29) is 5.82 Å². The third-order valence-corrected chi connectivity index (χ3v) is 8.83. The predicted octanol–water partition coefficient (Wildman–Crippen LogP) is 6.58. The van der Waals surface area contributed by atoms with Gasteiger partial charge < -0.3 is 29.1 Å². The first kappa shape index (κ1) is 30.2. The molecule has 0 unspecified atom stereocenters. The summed E-state index contributed by atoms with van der Waals surface area (Å²) in [5.41, 5.74) is 5.83. The van der Waals surface area contributed by atoms with Crippen molar-refractivity contribution in [2.24, 2.45) is 5.92 Å². The van der Waals surface area contributed by atoms with Gasteiger partial charge in [-0.3, -0.25) is 0 Å². The molecule has 42 heavy (non-hydrogen) atoms. The summed E-state index contributed by atoms with van der Waals surface area (Å²) in [6, 6.07) is 17.4. The number of fused-ring (bicyclic) bond motifs is 1. The zero-order chi connectivity index (χ0) is 29.5. The molecule has 6 nitrogen and oxygen atoms in total. The van der Waals surface area contributed by atoms with Gasteiger partial charge in [0.05, 0.1) is 7.11 Å². The lowest BCUT2D eigenvalue weighted by Gasteiger charge is -2.32. The predicted molar refractivity (Wildman–Crippen MR) is 166 cm³/mol. The summed E-state index contributed by atoms with van der Waals surface area (Å²) >= 11 is 0. The Hall–Kier alpha value is -3.29. The number of halogens is 1. The minimum atomic E-state index is -0.325. The molecule has 0 radical (unpaired) electrons. The molecule has 0 spiro atoms. The summed E-state index contributed by atoms with van der Waals surface area (Å²) in [6.07, 6.45) is 5.08. The normalized spacial score (nSPS) is 17.2. The second-order valence-electron chi connectivity index (χ2n) is 11.8. The highest BCUT2D eigenvalue weighted by molar-refractivity contribution is 5.60. The Kier molecular flexibility index (Phi) is 10.2. The molecule has 226 valence electrons. The van der Waals surface area contributed by atoms with Crippen LogP contribution in [0.4, 0.5) is 10.1 Å². The average Bonchev–Trinajstić information content (AvgIpc) is 3.01. The summed E-state index contributed by atoms with van der Waals surface area (Å²) in [4.78, 5) is 4.56. The molecule has 1 aliphatic heterocycles. The Bertz CT molecular complexity index is 1330. The zero-order valence-corrected chi connectivity index (χ0v) is 25.3. The standard InChI is InChI=1S/C35H45FN2O4/c1-4-38(24-26-5-12-35(33(36)19-26)42-18-15-37(2)23-25-13-16-41-17-14-25)34-22-31(40-3)10-11-32(34)29-7-6-28-21-30(39)9-8-27(28)20-29/h5,8-12,19,21-22,25,29,39H,4,6-7,13-18,20,23-24H2,1-3H3/t29-/m1/s1. The van der Waals surface area contributed by atoms with E-state index in [4.69, 9.17) is 14.2 Å². The summed E-state index contributed by atoms with van der Waals surface area (Å²) in [7, 11) is 3.79. The summed E-state index contributed by atoms with van der Waals surface area (Å²) in [5.74, 6) is 2.13. The van der Waals surface area contributed by atoms with E-state index in [2.05, 4.69) is 35.9 Å². The van der Waals surface area contributed by atoms with Crippen LogP contribution in [0.2, 0.25) is 0 Å². The second kappa shape index (κ2) is 14.3. The Labute approximate surface area is 250 Å². The van der Waals surface area contributed by atoms with Crippen LogP contribution in [0.25, 0.3) is 0 Å². The van der Waals surface area contributed by atoms with Crippen LogP contribution in [0.5, 0.6) is 17.2 Å². The number of aryl methyl sites for hydroxylation is 1. The number of nitrogens with zero attached hydrogens (tertiary/aromatic N) is 2. The summed E-state index contributed by atoms with van der Waals surface area (Å²) < 4.78 is 32.1. The van der Waals surface area contributed by atoms with E-state index >= 15 is 4.39 Å². The number of aromatic hydroxyl groups is 1. The van der Waals surface area contributed by atoms with E-state index in [0.717, 1.165) is 82.0 Å². The smallest absolute Gasteiger partial charge is 0.165 e. The lowest BCUT2D eigenvalue weighted by molar-refractivity contribution is 0.0542. The van der Waals surface area contributed by atoms with Gasteiger partial charge in [0.2, 0.25) is 0 Å². The second-order valence-corrected chi connectivity index (χ2v) is 11.8. The number of rotatable bonds is 12. The molecule has 1 heterocycles. The number of hydrogen-bond acceptors (Lipinski definition) is 6. The molecule has 3 aromatic carbocycles. The van der Waals surface area contributed by atoms with E-state index < -0.39 is 0 Å². The topological polar surface area (TPSA) is 54.4 Å². The van der Waals surface area contributed by atoms with Crippen LogP contribution in [0.15, 0.2) is 54.6 Å². The fourth-order valence-electron chi connectivity index (χ4n) is 6.40. The van der Waals surface area contributed by atoms with Gasteiger partial charge in [-0.1, -0.05) is 18.2 Å². The number of hydrogen-bond donors (Lipinski definition) is 1. The number of benzene rings is 3. The van der Waals surface area contributed by atoms with Crippen molar-refractivity contribution in [1.29, 1.82) is 0 Å². The number of likely N-dealkylation sites (N-methyl/N-ethyl adjacent to an activating group) is 1. The third kappa shape index (κ3) is 7.56. The van der Waals surface area contributed by atoms with E-state index in [0.29, 0.717) is 36.5 Å². The molecule has 0 aromatic heterocycles. The minimum absolute atomic E-state index is 0.301. The molecule has 2 aliphatic rings. The SMILES string of the molecule is CCN(Cc1ccc(OCCN(C)CC2CCOCC2)c(F)c1)c1cc(OC)ccc1[C@@H]1CCc2cc(O)ccc2C1. The zero-order valence-electron chi connectivity index (χ0n) is 25.3. The molecule has 5 rings (SSSR count). The molecule has 0 bridgehead atoms. The Morgan fingerprint density at radius 1 is 1.00 bits per heavy atom. The van der Waals surface area contributed by atoms with E-state index in [1.807, 2.05) is 24.3 Å². The molecule has 0 amide bonds. The van der Waals surface area contributed by atoms with Crippen molar-refractivity contribution in [2.75, 3.05) is 58.5 Å². The van der Waals surface area contributed by atoms with E-state index in [1.54, 1.807) is 25.3 Å². The number of methoxy groups -OCH3 is 1. The number of ether oxygens (including phenoxy) is 3. The van der Waals surface area contributed by atoms with Crippen LogP contribution in [0.1, 0.15) is 54.4 Å². The summed E-state index contributed by atoms with van der Waals surface area (Å²) in [5, 5.41) is 9.91. The number of phenolic OH excluding ortho intramolecular Hbond substituents is 1. The molecule has 1 saturated heterocycles. The van der Waals surface area contributed by atoms with Gasteiger partial charge in [-0.15, -0.1) is 0 Å². The maximum absolute atomic E-state index is 15.2. The van der Waals surface area contributed by atoms with Crippen LogP contribution in [-0.4, -0.2) is 63.6 Å². The van der Waals surface area contributed by atoms with E-state index in [9.17, 15) is 5.11 Å². The van der Waals surface area contributed by atoms with E-state index in [1.165, 1.54) is 16.7 Å². The average molecular weight is 577 g/mol. The van der Waals surface area contributed by atoms with Crippen LogP contribution >= 0.6 is 0 Å². The molecule has 1 atom stereocenters. The van der Waals surface area contributed by atoms with Crippen molar-refractivity contribution >= 4 is 5.69 Å². The molecule has 1 N–H and O–H groups in total. The van der Waals surface area contributed by atoms with Gasteiger partial charge >= 0.3 is 0 Å². The fourth-order valence-corrected chi connectivity index (χ4v) is 6.40. The first-order chi connectivity index (χ1) is 20.4.